The zero-order valence-electron chi connectivity index (χ0n) is 18.7. The maximum Gasteiger partial charge on any atom is 0.269 e. The lowest BCUT2D eigenvalue weighted by Crippen LogP contribution is -2.40. The smallest absolute Gasteiger partial charge is 0.269 e. The van der Waals surface area contributed by atoms with Crippen molar-refractivity contribution in [3.8, 4) is 45.4 Å². The first-order valence-corrected chi connectivity index (χ1v) is 10.9. The second-order valence-electron chi connectivity index (χ2n) is 8.26. The Balaban J connectivity index is 1.62. The molecule has 0 radical (unpaired) electrons. The number of methoxy groups -OCH3 is 2. The van der Waals surface area contributed by atoms with Gasteiger partial charge in [0.15, 0.2) is 35.7 Å². The average molecular weight is 457 g/mol. The molecule has 0 aliphatic carbocycles. The molecule has 0 amide bonds. The standard InChI is InChI=1S/C26H21N2O6/c1-31-25-11-18(15-3-5-17(6-4-15)28(29)30)20-10-22-19-12-24-23(33-14-34-24)9-16(19)7-8-27(22)13-21(20)26(25)32-2/h3-6,9-13H,7-8,14H2,1-2H3/q+1. The lowest BCUT2D eigenvalue weighted by atomic mass is 9.92. The van der Waals surface area contributed by atoms with Crippen LogP contribution in [0.25, 0.3) is 33.2 Å². The van der Waals surface area contributed by atoms with E-state index in [0.717, 1.165) is 57.6 Å². The van der Waals surface area contributed by atoms with Gasteiger partial charge in [0.25, 0.3) is 5.69 Å². The van der Waals surface area contributed by atoms with Crippen LogP contribution in [-0.4, -0.2) is 25.9 Å². The summed E-state index contributed by atoms with van der Waals surface area (Å²) in [6.45, 7) is 1.04. The number of hydrogen-bond donors (Lipinski definition) is 0. The monoisotopic (exact) mass is 457 g/mol. The van der Waals surface area contributed by atoms with Crippen LogP contribution < -0.4 is 23.5 Å². The van der Waals surface area contributed by atoms with Crippen molar-refractivity contribution in [1.82, 2.24) is 0 Å². The summed E-state index contributed by atoms with van der Waals surface area (Å²) >= 11 is 0. The molecule has 6 rings (SSSR count). The highest BCUT2D eigenvalue weighted by Crippen LogP contribution is 2.44. The summed E-state index contributed by atoms with van der Waals surface area (Å²) in [5.74, 6) is 2.78. The Morgan fingerprint density at radius 3 is 2.41 bits per heavy atom. The van der Waals surface area contributed by atoms with Crippen molar-refractivity contribution in [1.29, 1.82) is 0 Å². The molecule has 3 heterocycles. The molecular formula is C26H21N2O6+. The zero-order chi connectivity index (χ0) is 23.4. The van der Waals surface area contributed by atoms with Gasteiger partial charge in [0, 0.05) is 30.0 Å². The third kappa shape index (κ3) is 3.02. The van der Waals surface area contributed by atoms with Crippen LogP contribution in [0.15, 0.2) is 54.7 Å². The van der Waals surface area contributed by atoms with E-state index >= 15 is 0 Å². The van der Waals surface area contributed by atoms with Crippen molar-refractivity contribution < 1.29 is 28.4 Å². The number of hydrogen-bond acceptors (Lipinski definition) is 6. The number of fused-ring (bicyclic) bond motifs is 5. The maximum absolute atomic E-state index is 11.2. The van der Waals surface area contributed by atoms with Gasteiger partial charge in [-0.15, -0.1) is 0 Å². The number of nitro groups is 1. The summed E-state index contributed by atoms with van der Waals surface area (Å²) in [6.07, 6.45) is 2.96. The third-order valence-electron chi connectivity index (χ3n) is 6.51. The van der Waals surface area contributed by atoms with Crippen LogP contribution in [-0.2, 0) is 13.0 Å². The van der Waals surface area contributed by atoms with Crippen LogP contribution in [0.3, 0.4) is 0 Å². The Morgan fingerprint density at radius 1 is 0.941 bits per heavy atom. The SMILES string of the molecule is COc1cc(-c2ccc([N+](=O)[O-])cc2)c2cc3[n+](cc2c1OC)CCc1cc2c(cc1-3)OCO2. The van der Waals surface area contributed by atoms with Crippen molar-refractivity contribution in [3.63, 3.8) is 0 Å². The first-order chi connectivity index (χ1) is 16.6. The van der Waals surface area contributed by atoms with E-state index < -0.39 is 4.92 Å². The van der Waals surface area contributed by atoms with Gasteiger partial charge in [-0.2, -0.15) is 4.57 Å². The summed E-state index contributed by atoms with van der Waals surface area (Å²) in [7, 11) is 3.23. The van der Waals surface area contributed by atoms with E-state index in [9.17, 15) is 10.1 Å². The number of non-ortho nitro benzene ring substituents is 1. The summed E-state index contributed by atoms with van der Waals surface area (Å²) < 4.78 is 24.8. The molecule has 1 aromatic heterocycles. The number of rotatable bonds is 4. The molecule has 0 fully saturated rings. The predicted octanol–water partition coefficient (Wildman–Crippen LogP) is 4.67. The molecule has 0 spiro atoms. The first-order valence-electron chi connectivity index (χ1n) is 10.9. The van der Waals surface area contributed by atoms with Crippen LogP contribution in [0.1, 0.15) is 5.56 Å². The quantitative estimate of drug-likeness (QED) is 0.252. The largest absolute Gasteiger partial charge is 0.493 e. The number of aryl methyl sites for hydroxylation is 2. The fourth-order valence-corrected chi connectivity index (χ4v) is 4.85. The minimum Gasteiger partial charge on any atom is -0.493 e. The van der Waals surface area contributed by atoms with Gasteiger partial charge in [-0.25, -0.2) is 0 Å². The third-order valence-corrected chi connectivity index (χ3v) is 6.51. The molecule has 2 aliphatic heterocycles. The fraction of sp³-hybridized carbons (Fsp3) is 0.192. The molecule has 0 unspecified atom stereocenters. The van der Waals surface area contributed by atoms with E-state index in [1.807, 2.05) is 12.1 Å². The highest BCUT2D eigenvalue weighted by molar-refractivity contribution is 6.02. The molecule has 0 saturated carbocycles. The summed E-state index contributed by atoms with van der Waals surface area (Å²) in [4.78, 5) is 10.8. The predicted molar refractivity (Wildman–Crippen MR) is 125 cm³/mol. The Labute approximate surface area is 195 Å². The second kappa shape index (κ2) is 7.62. The van der Waals surface area contributed by atoms with E-state index in [1.54, 1.807) is 26.4 Å². The fourth-order valence-electron chi connectivity index (χ4n) is 4.85. The van der Waals surface area contributed by atoms with Gasteiger partial charge in [0.2, 0.25) is 12.5 Å². The van der Waals surface area contributed by atoms with Gasteiger partial charge in [-0.05, 0) is 47.0 Å². The summed E-state index contributed by atoms with van der Waals surface area (Å²) in [5, 5.41) is 13.0. The lowest BCUT2D eigenvalue weighted by molar-refractivity contribution is -0.686. The Hall–Kier alpha value is -4.33. The van der Waals surface area contributed by atoms with Crippen molar-refractivity contribution in [2.24, 2.45) is 0 Å². The number of pyridine rings is 1. The summed E-state index contributed by atoms with van der Waals surface area (Å²) in [6, 6.07) is 14.7. The number of nitro benzene ring substituents is 1. The van der Waals surface area contributed by atoms with Crippen LogP contribution in [0, 0.1) is 10.1 Å². The van der Waals surface area contributed by atoms with Gasteiger partial charge in [0.1, 0.15) is 0 Å². The van der Waals surface area contributed by atoms with Gasteiger partial charge in [-0.1, -0.05) is 0 Å². The van der Waals surface area contributed by atoms with Crippen molar-refractivity contribution >= 4 is 16.5 Å². The Kier molecular flexibility index (Phi) is 4.55. The lowest BCUT2D eigenvalue weighted by Gasteiger charge is -2.19. The highest BCUT2D eigenvalue weighted by atomic mass is 16.7. The molecule has 0 N–H and O–H groups in total. The van der Waals surface area contributed by atoms with Gasteiger partial charge in [0.05, 0.1) is 30.1 Å². The molecule has 0 bridgehead atoms. The van der Waals surface area contributed by atoms with E-state index in [4.69, 9.17) is 18.9 Å². The second-order valence-corrected chi connectivity index (χ2v) is 8.26. The van der Waals surface area contributed by atoms with Crippen LogP contribution in [0.4, 0.5) is 5.69 Å². The summed E-state index contributed by atoms with van der Waals surface area (Å²) in [5.41, 5.74) is 5.17. The maximum atomic E-state index is 11.2. The zero-order valence-corrected chi connectivity index (χ0v) is 18.7. The Bertz CT molecular complexity index is 1480. The molecule has 8 nitrogen and oxygen atoms in total. The minimum atomic E-state index is -0.398. The van der Waals surface area contributed by atoms with E-state index in [0.29, 0.717) is 11.5 Å². The average Bonchev–Trinajstić information content (AvgIpc) is 3.32. The number of ether oxygens (including phenoxy) is 4. The highest BCUT2D eigenvalue weighted by Gasteiger charge is 2.29. The molecule has 8 heteroatoms. The van der Waals surface area contributed by atoms with Crippen LogP contribution >= 0.6 is 0 Å². The normalized spacial score (nSPS) is 13.4. The van der Waals surface area contributed by atoms with E-state index in [1.165, 1.54) is 17.7 Å². The molecule has 34 heavy (non-hydrogen) atoms. The number of aromatic nitrogens is 1. The van der Waals surface area contributed by atoms with Crippen molar-refractivity contribution in [3.05, 3.63) is 70.4 Å². The molecular weight excluding hydrogens is 436 g/mol. The first kappa shape index (κ1) is 20.3. The molecule has 170 valence electrons. The topological polar surface area (TPSA) is 83.9 Å². The molecule has 0 atom stereocenters. The van der Waals surface area contributed by atoms with Crippen molar-refractivity contribution in [2.75, 3.05) is 21.0 Å². The van der Waals surface area contributed by atoms with Gasteiger partial charge < -0.3 is 18.9 Å². The van der Waals surface area contributed by atoms with E-state index in [-0.39, 0.29) is 12.5 Å². The molecule has 4 aromatic rings. The van der Waals surface area contributed by atoms with E-state index in [2.05, 4.69) is 22.9 Å². The Morgan fingerprint density at radius 2 is 1.71 bits per heavy atom. The molecule has 3 aromatic carbocycles. The number of benzene rings is 3. The van der Waals surface area contributed by atoms with Crippen molar-refractivity contribution in [2.45, 2.75) is 13.0 Å². The van der Waals surface area contributed by atoms with Gasteiger partial charge >= 0.3 is 0 Å². The number of nitrogens with zero attached hydrogens (tertiary/aromatic N) is 2. The molecule has 2 aliphatic rings. The van der Waals surface area contributed by atoms with Crippen LogP contribution in [0.2, 0.25) is 0 Å². The van der Waals surface area contributed by atoms with Crippen LogP contribution in [0.5, 0.6) is 23.0 Å². The minimum absolute atomic E-state index is 0.0477. The molecule has 0 saturated heterocycles. The van der Waals surface area contributed by atoms with Gasteiger partial charge in [-0.3, -0.25) is 10.1 Å².